The Labute approximate surface area is 76.9 Å². The van der Waals surface area contributed by atoms with Crippen LogP contribution in [0, 0.1) is 5.92 Å². The molecule has 0 radical (unpaired) electrons. The lowest BCUT2D eigenvalue weighted by Gasteiger charge is -1.90. The number of alkyl halides is 1. The fraction of sp³-hybridized carbons (Fsp3) is 0.667. The Morgan fingerprint density at radius 3 is 3.08 bits per heavy atom. The van der Waals surface area contributed by atoms with Crippen LogP contribution in [0.5, 0.6) is 0 Å². The van der Waals surface area contributed by atoms with Crippen molar-refractivity contribution in [1.82, 2.24) is 4.98 Å². The molecule has 66 valence electrons. The van der Waals surface area contributed by atoms with E-state index in [0.29, 0.717) is 17.7 Å². The molecule has 1 aromatic heterocycles. The van der Waals surface area contributed by atoms with Crippen molar-refractivity contribution < 1.29 is 4.42 Å². The minimum Gasteiger partial charge on any atom is -0.444 e. The van der Waals surface area contributed by atoms with Crippen LogP contribution in [0.3, 0.4) is 0 Å². The summed E-state index contributed by atoms with van der Waals surface area (Å²) in [6.07, 6.45) is 4.31. The molecule has 2 nitrogen and oxygen atoms in total. The molecule has 1 aliphatic rings. The molecule has 2 unspecified atom stereocenters. The first kappa shape index (κ1) is 8.11. The van der Waals surface area contributed by atoms with Gasteiger partial charge in [-0.3, -0.25) is 0 Å². The van der Waals surface area contributed by atoms with E-state index in [1.807, 2.05) is 6.20 Å². The quantitative estimate of drug-likeness (QED) is 0.677. The van der Waals surface area contributed by atoms with Gasteiger partial charge in [-0.1, -0.05) is 13.3 Å². The van der Waals surface area contributed by atoms with Gasteiger partial charge in [0, 0.05) is 5.92 Å². The summed E-state index contributed by atoms with van der Waals surface area (Å²) < 4.78 is 5.45. The van der Waals surface area contributed by atoms with E-state index in [2.05, 4.69) is 11.9 Å². The van der Waals surface area contributed by atoms with E-state index >= 15 is 0 Å². The number of oxazole rings is 1. The van der Waals surface area contributed by atoms with Gasteiger partial charge in [0.15, 0.2) is 0 Å². The van der Waals surface area contributed by atoms with Gasteiger partial charge < -0.3 is 4.42 Å². The van der Waals surface area contributed by atoms with Crippen molar-refractivity contribution in [3.8, 4) is 0 Å². The normalized spacial score (nSPS) is 27.5. The largest absolute Gasteiger partial charge is 0.444 e. The van der Waals surface area contributed by atoms with Crippen molar-refractivity contribution in [2.45, 2.75) is 31.6 Å². The van der Waals surface area contributed by atoms with Crippen LogP contribution in [0.2, 0.25) is 0 Å². The monoisotopic (exact) mass is 185 g/mol. The van der Waals surface area contributed by atoms with Gasteiger partial charge in [-0.05, 0) is 12.3 Å². The molecule has 0 aromatic carbocycles. The van der Waals surface area contributed by atoms with Crippen molar-refractivity contribution in [2.24, 2.45) is 5.92 Å². The molecule has 1 aromatic rings. The highest BCUT2D eigenvalue weighted by molar-refractivity contribution is 6.16. The van der Waals surface area contributed by atoms with Crippen LogP contribution in [0.15, 0.2) is 10.6 Å². The maximum Gasteiger partial charge on any atom is 0.209 e. The molecule has 1 fully saturated rings. The van der Waals surface area contributed by atoms with E-state index in [4.69, 9.17) is 16.0 Å². The topological polar surface area (TPSA) is 26.0 Å². The van der Waals surface area contributed by atoms with Crippen LogP contribution in [-0.4, -0.2) is 4.98 Å². The smallest absolute Gasteiger partial charge is 0.209 e. The van der Waals surface area contributed by atoms with E-state index in [-0.39, 0.29) is 0 Å². The summed E-state index contributed by atoms with van der Waals surface area (Å²) in [7, 11) is 0. The Kier molecular flexibility index (Phi) is 2.09. The number of halogens is 1. The summed E-state index contributed by atoms with van der Waals surface area (Å²) >= 11 is 5.58. The molecular weight excluding hydrogens is 174 g/mol. The lowest BCUT2D eigenvalue weighted by Crippen LogP contribution is -1.77. The Hall–Kier alpha value is -0.500. The van der Waals surface area contributed by atoms with Crippen molar-refractivity contribution in [1.29, 1.82) is 0 Å². The fourth-order valence-corrected chi connectivity index (χ4v) is 1.73. The van der Waals surface area contributed by atoms with Gasteiger partial charge in [0.2, 0.25) is 5.89 Å². The molecule has 0 aliphatic heterocycles. The molecule has 0 saturated heterocycles. The second kappa shape index (κ2) is 3.09. The number of rotatable bonds is 3. The summed E-state index contributed by atoms with van der Waals surface area (Å²) in [5, 5.41) is 0. The van der Waals surface area contributed by atoms with Crippen LogP contribution in [0.4, 0.5) is 0 Å². The summed E-state index contributed by atoms with van der Waals surface area (Å²) in [6.45, 7) is 2.21. The minimum absolute atomic E-state index is 0.378. The predicted octanol–water partition coefficient (Wildman–Crippen LogP) is 2.93. The molecule has 1 saturated carbocycles. The summed E-state index contributed by atoms with van der Waals surface area (Å²) in [5.41, 5.74) is 0. The average Bonchev–Trinajstić information content (AvgIpc) is 2.75. The number of hydrogen-bond donors (Lipinski definition) is 0. The Balaban J connectivity index is 2.05. The van der Waals surface area contributed by atoms with E-state index in [1.165, 1.54) is 12.8 Å². The third-order valence-corrected chi connectivity index (χ3v) is 2.73. The van der Waals surface area contributed by atoms with Gasteiger partial charge in [0.1, 0.15) is 5.76 Å². The van der Waals surface area contributed by atoms with Crippen LogP contribution in [0.1, 0.15) is 37.3 Å². The molecule has 2 atom stereocenters. The standard InChI is InChI=1S/C9H12ClNO/c1-2-6-3-7(6)8-5-11-9(4-10)12-8/h5-7H,2-4H2,1H3. The summed E-state index contributed by atoms with van der Waals surface area (Å²) in [4.78, 5) is 4.07. The lowest BCUT2D eigenvalue weighted by atomic mass is 10.2. The van der Waals surface area contributed by atoms with Gasteiger partial charge in [0.05, 0.1) is 12.1 Å². The molecule has 0 N–H and O–H groups in total. The maximum absolute atomic E-state index is 5.58. The Morgan fingerprint density at radius 1 is 1.75 bits per heavy atom. The summed E-state index contributed by atoms with van der Waals surface area (Å²) in [5.74, 6) is 3.50. The molecule has 2 rings (SSSR count). The third kappa shape index (κ3) is 1.36. The van der Waals surface area contributed by atoms with Crippen LogP contribution < -0.4 is 0 Å². The van der Waals surface area contributed by atoms with Gasteiger partial charge in [-0.15, -0.1) is 11.6 Å². The number of hydrogen-bond acceptors (Lipinski definition) is 2. The molecule has 3 heteroatoms. The zero-order valence-electron chi connectivity index (χ0n) is 7.09. The number of nitrogens with zero attached hydrogens (tertiary/aromatic N) is 1. The molecule has 0 amide bonds. The fourth-order valence-electron chi connectivity index (χ4n) is 1.60. The van der Waals surface area contributed by atoms with E-state index < -0.39 is 0 Å². The van der Waals surface area contributed by atoms with E-state index in [9.17, 15) is 0 Å². The minimum atomic E-state index is 0.378. The van der Waals surface area contributed by atoms with Crippen LogP contribution in [0.25, 0.3) is 0 Å². The molecule has 12 heavy (non-hydrogen) atoms. The first-order valence-corrected chi connectivity index (χ1v) is 4.89. The Bertz CT molecular complexity index is 271. The molecule has 1 heterocycles. The van der Waals surface area contributed by atoms with Gasteiger partial charge in [-0.2, -0.15) is 0 Å². The molecule has 0 spiro atoms. The Morgan fingerprint density at radius 2 is 2.58 bits per heavy atom. The predicted molar refractivity (Wildman–Crippen MR) is 47.2 cm³/mol. The van der Waals surface area contributed by atoms with Gasteiger partial charge in [-0.25, -0.2) is 4.98 Å². The van der Waals surface area contributed by atoms with Crippen LogP contribution in [-0.2, 0) is 5.88 Å². The summed E-state index contributed by atoms with van der Waals surface area (Å²) in [6, 6.07) is 0. The van der Waals surface area contributed by atoms with Crippen LogP contribution >= 0.6 is 11.6 Å². The maximum atomic E-state index is 5.58. The zero-order chi connectivity index (χ0) is 8.55. The first-order chi connectivity index (χ1) is 5.85. The second-order valence-electron chi connectivity index (χ2n) is 3.30. The average molecular weight is 186 g/mol. The van der Waals surface area contributed by atoms with Gasteiger partial charge >= 0.3 is 0 Å². The van der Waals surface area contributed by atoms with Crippen molar-refractivity contribution in [3.05, 3.63) is 17.8 Å². The second-order valence-corrected chi connectivity index (χ2v) is 3.57. The van der Waals surface area contributed by atoms with Crippen molar-refractivity contribution in [3.63, 3.8) is 0 Å². The van der Waals surface area contributed by atoms with Gasteiger partial charge in [0.25, 0.3) is 0 Å². The van der Waals surface area contributed by atoms with E-state index in [0.717, 1.165) is 11.7 Å². The number of aromatic nitrogens is 1. The lowest BCUT2D eigenvalue weighted by molar-refractivity contribution is 0.465. The highest BCUT2D eigenvalue weighted by Gasteiger charge is 2.39. The highest BCUT2D eigenvalue weighted by atomic mass is 35.5. The molecular formula is C9H12ClNO. The third-order valence-electron chi connectivity index (χ3n) is 2.50. The molecule has 0 bridgehead atoms. The highest BCUT2D eigenvalue weighted by Crippen LogP contribution is 2.49. The SMILES string of the molecule is CCC1CC1c1cnc(CCl)o1. The first-order valence-electron chi connectivity index (χ1n) is 4.35. The van der Waals surface area contributed by atoms with Crippen molar-refractivity contribution >= 4 is 11.6 Å². The zero-order valence-corrected chi connectivity index (χ0v) is 7.84. The van der Waals surface area contributed by atoms with E-state index in [1.54, 1.807) is 0 Å². The van der Waals surface area contributed by atoms with Crippen molar-refractivity contribution in [2.75, 3.05) is 0 Å². The molecule has 1 aliphatic carbocycles.